The molecule has 0 saturated heterocycles. The first-order valence-electron chi connectivity index (χ1n) is 3.31. The van der Waals surface area contributed by atoms with Crippen molar-refractivity contribution in [1.29, 1.82) is 0 Å². The van der Waals surface area contributed by atoms with Gasteiger partial charge in [-0.15, -0.1) is 0 Å². The Kier molecular flexibility index (Phi) is 1.92. The predicted molar refractivity (Wildman–Crippen MR) is 51.7 cm³/mol. The van der Waals surface area contributed by atoms with Crippen molar-refractivity contribution in [3.63, 3.8) is 0 Å². The summed E-state index contributed by atoms with van der Waals surface area (Å²) in [6.07, 6.45) is 1.96. The maximum atomic E-state index is 3.09. The summed E-state index contributed by atoms with van der Waals surface area (Å²) in [4.78, 5) is 0. The van der Waals surface area contributed by atoms with Crippen LogP contribution in [-0.2, 0) is 0 Å². The highest BCUT2D eigenvalue weighted by molar-refractivity contribution is 7.69. The summed E-state index contributed by atoms with van der Waals surface area (Å²) < 4.78 is 4.41. The second kappa shape index (κ2) is 3.07. The summed E-state index contributed by atoms with van der Waals surface area (Å²) in [6, 6.07) is 10.4. The van der Waals surface area contributed by atoms with Crippen LogP contribution in [-0.4, -0.2) is 4.37 Å². The van der Waals surface area contributed by atoms with Crippen LogP contribution in [0.15, 0.2) is 36.5 Å². The molecule has 0 aliphatic rings. The van der Waals surface area contributed by atoms with Gasteiger partial charge in [0.05, 0.1) is 0 Å². The number of nitrogens with one attached hydrogen (secondary N) is 1. The molecule has 0 aliphatic heterocycles. The molecule has 56 valence electrons. The lowest BCUT2D eigenvalue weighted by atomic mass is 10.3. The van der Waals surface area contributed by atoms with Crippen molar-refractivity contribution in [2.24, 2.45) is 0 Å². The molecule has 0 fully saturated rings. The van der Waals surface area contributed by atoms with Gasteiger partial charge in [-0.25, -0.2) is 0 Å². The SMILES string of the molecule is c1ccc2ss[nH]ccc2c1. The van der Waals surface area contributed by atoms with Gasteiger partial charge in [0.25, 0.3) is 0 Å². The minimum atomic E-state index is 1.29. The summed E-state index contributed by atoms with van der Waals surface area (Å²) in [6.45, 7) is 0. The molecule has 0 saturated carbocycles. The van der Waals surface area contributed by atoms with Crippen LogP contribution in [0.25, 0.3) is 10.1 Å². The van der Waals surface area contributed by atoms with Gasteiger partial charge in [-0.3, -0.25) is 0 Å². The van der Waals surface area contributed by atoms with Crippen LogP contribution in [0.1, 0.15) is 0 Å². The first-order chi connectivity index (χ1) is 5.47. The number of hydrogen-bond acceptors (Lipinski definition) is 2. The molecular formula is C8H7NS2. The molecule has 0 radical (unpaired) electrons. The van der Waals surface area contributed by atoms with E-state index in [1.165, 1.54) is 10.1 Å². The molecule has 3 heteroatoms. The Morgan fingerprint density at radius 3 is 3.00 bits per heavy atom. The monoisotopic (exact) mass is 181 g/mol. The van der Waals surface area contributed by atoms with E-state index in [0.29, 0.717) is 0 Å². The minimum Gasteiger partial charge on any atom is -0.310 e. The van der Waals surface area contributed by atoms with Crippen LogP contribution in [0.3, 0.4) is 0 Å². The lowest BCUT2D eigenvalue weighted by molar-refractivity contribution is 1.57. The number of benzene rings is 1. The van der Waals surface area contributed by atoms with E-state index in [0.717, 1.165) is 0 Å². The summed E-state index contributed by atoms with van der Waals surface area (Å²) in [5.41, 5.74) is 0. The maximum Gasteiger partial charge on any atom is 0.0463 e. The van der Waals surface area contributed by atoms with Crippen LogP contribution >= 0.6 is 20.9 Å². The number of aromatic amines is 1. The molecule has 0 spiro atoms. The number of rotatable bonds is 0. The normalized spacial score (nSPS) is 9.82. The van der Waals surface area contributed by atoms with Crippen LogP contribution in [0.5, 0.6) is 0 Å². The van der Waals surface area contributed by atoms with E-state index < -0.39 is 0 Å². The van der Waals surface area contributed by atoms with E-state index >= 15 is 0 Å². The fourth-order valence-electron chi connectivity index (χ4n) is 0.915. The van der Waals surface area contributed by atoms with E-state index in [9.17, 15) is 0 Å². The van der Waals surface area contributed by atoms with Crippen molar-refractivity contribution >= 4 is 31.0 Å². The lowest BCUT2D eigenvalue weighted by Gasteiger charge is -1.85. The van der Waals surface area contributed by atoms with E-state index in [4.69, 9.17) is 0 Å². The van der Waals surface area contributed by atoms with Crippen molar-refractivity contribution in [3.8, 4) is 0 Å². The molecule has 1 heterocycles. The van der Waals surface area contributed by atoms with Gasteiger partial charge in [0.2, 0.25) is 0 Å². The Bertz CT molecular complexity index is 346. The summed E-state index contributed by atoms with van der Waals surface area (Å²) in [5, 5.41) is 1.29. The third-order valence-corrected chi connectivity index (χ3v) is 3.37. The van der Waals surface area contributed by atoms with Gasteiger partial charge in [-0.05, 0) is 28.1 Å². The molecule has 0 atom stereocenters. The van der Waals surface area contributed by atoms with Crippen LogP contribution in [0.4, 0.5) is 0 Å². The van der Waals surface area contributed by atoms with Crippen LogP contribution in [0, 0.1) is 0 Å². The number of aromatic nitrogens is 1. The zero-order valence-electron chi connectivity index (χ0n) is 5.78. The Morgan fingerprint density at radius 2 is 2.00 bits per heavy atom. The Morgan fingerprint density at radius 1 is 1.09 bits per heavy atom. The van der Waals surface area contributed by atoms with Crippen molar-refractivity contribution in [3.05, 3.63) is 36.5 Å². The van der Waals surface area contributed by atoms with Gasteiger partial charge < -0.3 is 4.37 Å². The van der Waals surface area contributed by atoms with E-state index in [-0.39, 0.29) is 0 Å². The van der Waals surface area contributed by atoms with Gasteiger partial charge in [-0.2, -0.15) is 0 Å². The third kappa shape index (κ3) is 1.44. The van der Waals surface area contributed by atoms with Gasteiger partial charge in [0.15, 0.2) is 0 Å². The minimum absolute atomic E-state index is 1.29. The van der Waals surface area contributed by atoms with Gasteiger partial charge in [-0.1, -0.05) is 28.5 Å². The molecule has 0 bridgehead atoms. The molecule has 0 unspecified atom stereocenters. The number of fused-ring (bicyclic) bond motifs is 1. The number of hydrogen-bond donors (Lipinski definition) is 1. The molecule has 0 aliphatic carbocycles. The highest BCUT2D eigenvalue weighted by Crippen LogP contribution is 2.17. The topological polar surface area (TPSA) is 15.8 Å². The van der Waals surface area contributed by atoms with Crippen molar-refractivity contribution in [2.75, 3.05) is 0 Å². The fourth-order valence-corrected chi connectivity index (χ4v) is 2.58. The summed E-state index contributed by atoms with van der Waals surface area (Å²) in [5.74, 6) is 0. The largest absolute Gasteiger partial charge is 0.310 e. The molecule has 11 heavy (non-hydrogen) atoms. The van der Waals surface area contributed by atoms with E-state index in [2.05, 4.69) is 34.7 Å². The molecule has 1 aromatic carbocycles. The molecule has 1 N–H and O–H groups in total. The zero-order valence-corrected chi connectivity index (χ0v) is 7.41. The Hall–Kier alpha value is -0.800. The average Bonchev–Trinajstić information content (AvgIpc) is 2.28. The third-order valence-electron chi connectivity index (χ3n) is 1.43. The van der Waals surface area contributed by atoms with Gasteiger partial charge >= 0.3 is 0 Å². The second-order valence-corrected chi connectivity index (χ2v) is 4.16. The standard InChI is InChI=1S/C8H7NS2/c1-2-4-8-7(3-1)5-6-9-11-10-8/h1-6,9H. The highest BCUT2D eigenvalue weighted by atomic mass is 32.9. The van der Waals surface area contributed by atoms with Gasteiger partial charge in [0, 0.05) is 10.9 Å². The molecule has 1 aromatic heterocycles. The van der Waals surface area contributed by atoms with Gasteiger partial charge in [0.1, 0.15) is 0 Å². The second-order valence-electron chi connectivity index (χ2n) is 2.16. The van der Waals surface area contributed by atoms with E-state index in [1.54, 1.807) is 20.9 Å². The van der Waals surface area contributed by atoms with Crippen molar-refractivity contribution < 1.29 is 0 Å². The molecule has 2 rings (SSSR count). The van der Waals surface area contributed by atoms with Crippen molar-refractivity contribution in [2.45, 2.75) is 0 Å². The zero-order chi connectivity index (χ0) is 7.52. The summed E-state index contributed by atoms with van der Waals surface area (Å²) >= 11 is 0. The molecule has 0 amide bonds. The Labute approximate surface area is 72.2 Å². The molecular weight excluding hydrogens is 174 g/mol. The quantitative estimate of drug-likeness (QED) is 0.599. The maximum absolute atomic E-state index is 3.09. The number of H-pyrrole nitrogens is 1. The fraction of sp³-hybridized carbons (Fsp3) is 0. The van der Waals surface area contributed by atoms with Crippen LogP contribution < -0.4 is 0 Å². The predicted octanol–water partition coefficient (Wildman–Crippen LogP) is 3.42. The van der Waals surface area contributed by atoms with E-state index in [1.807, 2.05) is 6.20 Å². The first kappa shape index (κ1) is 6.88. The smallest absolute Gasteiger partial charge is 0.0463 e. The highest BCUT2D eigenvalue weighted by Gasteiger charge is 1.85. The average molecular weight is 181 g/mol. The van der Waals surface area contributed by atoms with Crippen molar-refractivity contribution in [1.82, 2.24) is 4.37 Å². The Balaban J connectivity index is 2.90. The lowest BCUT2D eigenvalue weighted by Crippen LogP contribution is -1.59. The first-order valence-corrected chi connectivity index (χ1v) is 5.46. The molecule has 2 aromatic rings. The van der Waals surface area contributed by atoms with Crippen LogP contribution in [0.2, 0.25) is 0 Å². The summed E-state index contributed by atoms with van der Waals surface area (Å²) in [7, 11) is 3.39. The molecule has 1 nitrogen and oxygen atoms in total.